The summed E-state index contributed by atoms with van der Waals surface area (Å²) in [6, 6.07) is 6.76. The molecule has 23 heavy (non-hydrogen) atoms. The largest absolute Gasteiger partial charge is 0.370 e. The van der Waals surface area contributed by atoms with Gasteiger partial charge in [0.1, 0.15) is 0 Å². The average molecular weight is 338 g/mol. The Bertz CT molecular complexity index is 641. The maximum atomic E-state index is 12.1. The third-order valence-electron chi connectivity index (χ3n) is 3.99. The summed E-state index contributed by atoms with van der Waals surface area (Å²) in [5.41, 5.74) is 7.01. The van der Waals surface area contributed by atoms with Crippen LogP contribution in [0.15, 0.2) is 34.2 Å². The maximum absolute atomic E-state index is 12.1. The van der Waals surface area contributed by atoms with Crippen LogP contribution < -0.4 is 10.5 Å². The van der Waals surface area contributed by atoms with Crippen LogP contribution in [0.4, 0.5) is 0 Å². The minimum absolute atomic E-state index is 0.236. The number of nitrogens with two attached hydrogens (primary N) is 1. The molecule has 1 saturated heterocycles. The third-order valence-corrected chi connectivity index (χ3v) is 5.47. The van der Waals surface area contributed by atoms with Crippen molar-refractivity contribution in [2.75, 3.05) is 26.2 Å². The zero-order chi connectivity index (χ0) is 16.9. The van der Waals surface area contributed by atoms with E-state index < -0.39 is 10.0 Å². The lowest BCUT2D eigenvalue weighted by Crippen LogP contribution is -2.43. The number of hydrogen-bond acceptors (Lipinski definition) is 3. The molecule has 1 aliphatic heterocycles. The van der Waals surface area contributed by atoms with Gasteiger partial charge in [-0.1, -0.05) is 24.6 Å². The Balaban J connectivity index is 1.84. The molecule has 1 heterocycles. The van der Waals surface area contributed by atoms with Crippen LogP contribution in [0.1, 0.15) is 25.3 Å². The molecule has 0 aromatic heterocycles. The molecule has 1 aromatic carbocycles. The van der Waals surface area contributed by atoms with E-state index in [4.69, 9.17) is 5.73 Å². The topological polar surface area (TPSA) is 87.8 Å². The number of nitrogens with zero attached hydrogens (tertiary/aromatic N) is 2. The van der Waals surface area contributed by atoms with Crippen LogP contribution in [-0.2, 0) is 10.0 Å². The van der Waals surface area contributed by atoms with Gasteiger partial charge < -0.3 is 10.6 Å². The van der Waals surface area contributed by atoms with Crippen LogP contribution in [-0.4, -0.2) is 45.5 Å². The lowest BCUT2D eigenvalue weighted by molar-refractivity contribution is 0.270. The number of benzene rings is 1. The highest BCUT2D eigenvalue weighted by Crippen LogP contribution is 2.14. The van der Waals surface area contributed by atoms with Crippen molar-refractivity contribution in [2.45, 2.75) is 31.6 Å². The van der Waals surface area contributed by atoms with Crippen molar-refractivity contribution in [3.63, 3.8) is 0 Å². The highest BCUT2D eigenvalue weighted by molar-refractivity contribution is 7.89. The van der Waals surface area contributed by atoms with Crippen molar-refractivity contribution in [3.8, 4) is 0 Å². The van der Waals surface area contributed by atoms with Crippen molar-refractivity contribution in [1.82, 2.24) is 9.62 Å². The van der Waals surface area contributed by atoms with Gasteiger partial charge in [-0.3, -0.25) is 4.99 Å². The van der Waals surface area contributed by atoms with Gasteiger partial charge in [-0.05, 0) is 37.8 Å². The summed E-state index contributed by atoms with van der Waals surface area (Å²) >= 11 is 0. The molecule has 7 heteroatoms. The molecule has 1 fully saturated rings. The Kier molecular flexibility index (Phi) is 6.01. The van der Waals surface area contributed by atoms with Gasteiger partial charge in [0, 0.05) is 19.6 Å². The normalized spacial score (nSPS) is 19.8. The standard InChI is InChI=1S/C16H26N4O2S/c1-13-5-7-15(8-6-13)23(21,22)19-10-9-18-16(17)20-11-3-4-14(2)12-20/h5-8,14,19H,3-4,9-12H2,1-2H3,(H2,17,18). The number of aryl methyl sites for hydroxylation is 1. The highest BCUT2D eigenvalue weighted by atomic mass is 32.2. The van der Waals surface area contributed by atoms with E-state index in [1.165, 1.54) is 6.42 Å². The Morgan fingerprint density at radius 1 is 1.39 bits per heavy atom. The van der Waals surface area contributed by atoms with Crippen molar-refractivity contribution >= 4 is 16.0 Å². The van der Waals surface area contributed by atoms with Gasteiger partial charge in [0.05, 0.1) is 11.4 Å². The van der Waals surface area contributed by atoms with E-state index in [1.54, 1.807) is 24.3 Å². The molecule has 3 N–H and O–H groups in total. The molecule has 0 radical (unpaired) electrons. The molecule has 128 valence electrons. The van der Waals surface area contributed by atoms with E-state index in [0.717, 1.165) is 25.1 Å². The van der Waals surface area contributed by atoms with E-state index in [0.29, 0.717) is 18.4 Å². The average Bonchev–Trinajstić information content (AvgIpc) is 2.52. The van der Waals surface area contributed by atoms with Gasteiger partial charge in [0.15, 0.2) is 5.96 Å². The van der Waals surface area contributed by atoms with Crippen LogP contribution in [0.2, 0.25) is 0 Å². The molecule has 1 atom stereocenters. The lowest BCUT2D eigenvalue weighted by Gasteiger charge is -2.31. The van der Waals surface area contributed by atoms with Crippen LogP contribution in [0.25, 0.3) is 0 Å². The zero-order valence-corrected chi connectivity index (χ0v) is 14.6. The molecule has 1 unspecified atom stereocenters. The molecule has 0 bridgehead atoms. The second-order valence-corrected chi connectivity index (χ2v) is 7.91. The predicted molar refractivity (Wildman–Crippen MR) is 92.8 cm³/mol. The van der Waals surface area contributed by atoms with Crippen molar-refractivity contribution in [3.05, 3.63) is 29.8 Å². The molecule has 1 aromatic rings. The number of guanidine groups is 1. The summed E-state index contributed by atoms with van der Waals surface area (Å²) in [6.45, 7) is 6.54. The van der Waals surface area contributed by atoms with E-state index in [-0.39, 0.29) is 11.4 Å². The summed E-state index contributed by atoms with van der Waals surface area (Å²) in [5.74, 6) is 1.13. The highest BCUT2D eigenvalue weighted by Gasteiger charge is 2.17. The molecular weight excluding hydrogens is 312 g/mol. The van der Waals surface area contributed by atoms with Crippen molar-refractivity contribution in [2.24, 2.45) is 16.6 Å². The van der Waals surface area contributed by atoms with Crippen LogP contribution >= 0.6 is 0 Å². The fourth-order valence-corrected chi connectivity index (χ4v) is 3.67. The molecule has 0 amide bonds. The Morgan fingerprint density at radius 2 is 2.09 bits per heavy atom. The van der Waals surface area contributed by atoms with E-state index in [9.17, 15) is 8.42 Å². The fraction of sp³-hybridized carbons (Fsp3) is 0.562. The molecule has 1 aliphatic rings. The van der Waals surface area contributed by atoms with Crippen molar-refractivity contribution < 1.29 is 8.42 Å². The maximum Gasteiger partial charge on any atom is 0.240 e. The van der Waals surface area contributed by atoms with Crippen LogP contribution in [0.5, 0.6) is 0 Å². The van der Waals surface area contributed by atoms with Gasteiger partial charge in [0.2, 0.25) is 10.0 Å². The second kappa shape index (κ2) is 7.79. The number of hydrogen-bond donors (Lipinski definition) is 2. The van der Waals surface area contributed by atoms with Gasteiger partial charge >= 0.3 is 0 Å². The number of nitrogens with one attached hydrogen (secondary N) is 1. The first-order valence-electron chi connectivity index (χ1n) is 7.99. The van der Waals surface area contributed by atoms with E-state index in [2.05, 4.69) is 21.5 Å². The van der Waals surface area contributed by atoms with Crippen LogP contribution in [0.3, 0.4) is 0 Å². The molecule has 6 nitrogen and oxygen atoms in total. The molecule has 0 spiro atoms. The lowest BCUT2D eigenvalue weighted by atomic mass is 10.0. The quantitative estimate of drug-likeness (QED) is 0.481. The summed E-state index contributed by atoms with van der Waals surface area (Å²) in [6.07, 6.45) is 2.34. The Hall–Kier alpha value is -1.60. The zero-order valence-electron chi connectivity index (χ0n) is 13.8. The van der Waals surface area contributed by atoms with Gasteiger partial charge in [-0.15, -0.1) is 0 Å². The molecule has 2 rings (SSSR count). The summed E-state index contributed by atoms with van der Waals surface area (Å²) < 4.78 is 26.8. The number of piperidine rings is 1. The predicted octanol–water partition coefficient (Wildman–Crippen LogP) is 1.32. The van der Waals surface area contributed by atoms with Crippen molar-refractivity contribution in [1.29, 1.82) is 0 Å². The van der Waals surface area contributed by atoms with Gasteiger partial charge in [0.25, 0.3) is 0 Å². The Morgan fingerprint density at radius 3 is 2.74 bits per heavy atom. The molecule has 0 saturated carbocycles. The second-order valence-electron chi connectivity index (χ2n) is 6.14. The SMILES string of the molecule is Cc1ccc(S(=O)(=O)NCCN=C(N)N2CCCC(C)C2)cc1. The third kappa shape index (κ3) is 5.21. The molecular formula is C16H26N4O2S. The van der Waals surface area contributed by atoms with Gasteiger partial charge in [-0.2, -0.15) is 0 Å². The first kappa shape index (κ1) is 17.7. The number of aliphatic imine (C=N–C) groups is 1. The number of likely N-dealkylation sites (tertiary alicyclic amines) is 1. The number of rotatable bonds is 5. The summed E-state index contributed by atoms with van der Waals surface area (Å²) in [4.78, 5) is 6.63. The minimum Gasteiger partial charge on any atom is -0.370 e. The van der Waals surface area contributed by atoms with Crippen LogP contribution in [0, 0.1) is 12.8 Å². The van der Waals surface area contributed by atoms with Gasteiger partial charge in [-0.25, -0.2) is 13.1 Å². The monoisotopic (exact) mass is 338 g/mol. The van der Waals surface area contributed by atoms with E-state index >= 15 is 0 Å². The smallest absolute Gasteiger partial charge is 0.240 e. The van der Waals surface area contributed by atoms with E-state index in [1.807, 2.05) is 6.92 Å². The Labute approximate surface area is 138 Å². The molecule has 0 aliphatic carbocycles. The fourth-order valence-electron chi connectivity index (χ4n) is 2.65. The minimum atomic E-state index is -3.48. The first-order chi connectivity index (χ1) is 10.9. The first-order valence-corrected chi connectivity index (χ1v) is 9.48. The number of sulfonamides is 1. The summed E-state index contributed by atoms with van der Waals surface area (Å²) in [5, 5.41) is 0. The summed E-state index contributed by atoms with van der Waals surface area (Å²) in [7, 11) is -3.48.